The van der Waals surface area contributed by atoms with Crippen molar-refractivity contribution in [3.8, 4) is 0 Å². The van der Waals surface area contributed by atoms with Gasteiger partial charge >= 0.3 is 0 Å². The smallest absolute Gasteiger partial charge is 0.0741 e. The third kappa shape index (κ3) is 6.07. The van der Waals surface area contributed by atoms with E-state index in [-0.39, 0.29) is 0 Å². The molecule has 0 aromatic rings. The molecule has 1 fully saturated rings. The molecule has 1 N–H and O–H groups in total. The number of hydrogen-bond donors (Lipinski definition) is 1. The first-order chi connectivity index (χ1) is 8.34. The minimum absolute atomic E-state index is 0.572. The van der Waals surface area contributed by atoms with Crippen LogP contribution in [0.1, 0.15) is 40.0 Å². The van der Waals surface area contributed by atoms with Crippen molar-refractivity contribution in [2.24, 2.45) is 0 Å². The normalized spacial score (nSPS) is 24.6. The van der Waals surface area contributed by atoms with Crippen molar-refractivity contribution in [2.75, 3.05) is 25.4 Å². The molecule has 1 atom stereocenters. The zero-order valence-electron chi connectivity index (χ0n) is 11.4. The molecule has 0 amide bonds. The molecule has 4 heteroatoms. The van der Waals surface area contributed by atoms with Gasteiger partial charge < -0.3 is 10.2 Å². The molecule has 1 saturated heterocycles. The summed E-state index contributed by atoms with van der Waals surface area (Å²) in [6, 6.07) is 0. The first kappa shape index (κ1) is 15.3. The van der Waals surface area contributed by atoms with Gasteiger partial charge in [-0.1, -0.05) is 32.0 Å². The van der Waals surface area contributed by atoms with Crippen LogP contribution in [0.4, 0.5) is 0 Å². The number of nitrogens with one attached hydrogen (secondary N) is 1. The van der Waals surface area contributed by atoms with Crippen LogP contribution in [0, 0.1) is 0 Å². The number of nitrogens with zero attached hydrogens (tertiary/aromatic N) is 1. The van der Waals surface area contributed by atoms with Crippen LogP contribution >= 0.6 is 23.5 Å². The molecule has 0 spiro atoms. The molecule has 0 bridgehead atoms. The van der Waals surface area contributed by atoms with Crippen molar-refractivity contribution in [1.29, 1.82) is 0 Å². The summed E-state index contributed by atoms with van der Waals surface area (Å²) in [6.45, 7) is 10.1. The molecule has 2 heterocycles. The molecule has 0 aliphatic carbocycles. The van der Waals surface area contributed by atoms with Gasteiger partial charge in [0.2, 0.25) is 0 Å². The zero-order chi connectivity index (χ0) is 12.5. The van der Waals surface area contributed by atoms with Crippen LogP contribution in [-0.4, -0.2) is 35.7 Å². The van der Waals surface area contributed by atoms with Crippen LogP contribution < -0.4 is 5.32 Å². The molecule has 0 aromatic carbocycles. The van der Waals surface area contributed by atoms with Gasteiger partial charge in [0.15, 0.2) is 0 Å². The van der Waals surface area contributed by atoms with Gasteiger partial charge in [-0.3, -0.25) is 0 Å². The van der Waals surface area contributed by atoms with Gasteiger partial charge in [0.25, 0.3) is 0 Å². The van der Waals surface area contributed by atoms with Crippen molar-refractivity contribution in [1.82, 2.24) is 10.2 Å². The fourth-order valence-corrected chi connectivity index (χ4v) is 4.24. The second-order valence-electron chi connectivity index (χ2n) is 4.14. The van der Waals surface area contributed by atoms with Crippen LogP contribution in [0.25, 0.3) is 0 Å². The molecule has 1 unspecified atom stereocenters. The number of thioether (sulfide) groups is 2. The van der Waals surface area contributed by atoms with E-state index in [0.717, 1.165) is 0 Å². The fraction of sp³-hybridized carbons (Fsp3) is 0.846. The van der Waals surface area contributed by atoms with E-state index in [1.54, 1.807) is 0 Å². The summed E-state index contributed by atoms with van der Waals surface area (Å²) in [4.78, 5) is 2.60. The largest absolute Gasteiger partial charge is 0.378 e. The van der Waals surface area contributed by atoms with E-state index >= 15 is 0 Å². The molecule has 2 aliphatic rings. The van der Waals surface area contributed by atoms with Crippen molar-refractivity contribution < 1.29 is 0 Å². The zero-order valence-corrected chi connectivity index (χ0v) is 13.0. The second-order valence-corrected chi connectivity index (χ2v) is 6.92. The van der Waals surface area contributed by atoms with E-state index in [4.69, 9.17) is 0 Å². The SMILES string of the molecule is CC.CC1NC=C(SCCN2CCCCC2)S1. The Morgan fingerprint density at radius 3 is 2.65 bits per heavy atom. The van der Waals surface area contributed by atoms with Crippen molar-refractivity contribution in [3.05, 3.63) is 10.4 Å². The highest BCUT2D eigenvalue weighted by Crippen LogP contribution is 2.34. The molecule has 100 valence electrons. The van der Waals surface area contributed by atoms with Crippen molar-refractivity contribution >= 4 is 23.5 Å². The van der Waals surface area contributed by atoms with Gasteiger partial charge in [0.05, 0.1) is 9.61 Å². The molecule has 2 aliphatic heterocycles. The summed E-state index contributed by atoms with van der Waals surface area (Å²) in [5.41, 5.74) is 0. The Balaban J connectivity index is 0.000000686. The molecule has 0 saturated carbocycles. The molecule has 2 rings (SSSR count). The monoisotopic (exact) mass is 274 g/mol. The summed E-state index contributed by atoms with van der Waals surface area (Å²) in [6.07, 6.45) is 6.41. The highest BCUT2D eigenvalue weighted by molar-refractivity contribution is 8.22. The maximum Gasteiger partial charge on any atom is 0.0741 e. The maximum atomic E-state index is 3.32. The number of likely N-dealkylation sites (tertiary alicyclic amines) is 1. The van der Waals surface area contributed by atoms with Crippen LogP contribution in [0.5, 0.6) is 0 Å². The first-order valence-corrected chi connectivity index (χ1v) is 8.69. The first-order valence-electron chi connectivity index (χ1n) is 6.82. The summed E-state index contributed by atoms with van der Waals surface area (Å²) in [5.74, 6) is 1.24. The van der Waals surface area contributed by atoms with Gasteiger partial charge in [0, 0.05) is 18.5 Å². The lowest BCUT2D eigenvalue weighted by atomic mass is 10.1. The summed E-state index contributed by atoms with van der Waals surface area (Å²) < 4.78 is 1.46. The quantitative estimate of drug-likeness (QED) is 0.840. The molecular formula is C13H26N2S2. The lowest BCUT2D eigenvalue weighted by molar-refractivity contribution is 0.242. The molecule has 0 radical (unpaired) electrons. The predicted octanol–water partition coefficient (Wildman–Crippen LogP) is 3.71. The summed E-state index contributed by atoms with van der Waals surface area (Å²) in [5, 5.41) is 3.90. The Morgan fingerprint density at radius 1 is 1.35 bits per heavy atom. The fourth-order valence-electron chi connectivity index (χ4n) is 1.96. The van der Waals surface area contributed by atoms with Gasteiger partial charge in [-0.2, -0.15) is 0 Å². The van der Waals surface area contributed by atoms with Crippen LogP contribution in [0.3, 0.4) is 0 Å². The maximum absolute atomic E-state index is 3.32. The second kappa shape index (κ2) is 9.17. The van der Waals surface area contributed by atoms with Crippen LogP contribution in [-0.2, 0) is 0 Å². The topological polar surface area (TPSA) is 15.3 Å². The Morgan fingerprint density at radius 2 is 2.06 bits per heavy atom. The lowest BCUT2D eigenvalue weighted by Gasteiger charge is -2.26. The van der Waals surface area contributed by atoms with Gasteiger partial charge in [0.1, 0.15) is 0 Å². The van der Waals surface area contributed by atoms with Gasteiger partial charge in [-0.15, -0.1) is 11.8 Å². The Hall–Kier alpha value is 0.200. The number of rotatable bonds is 4. The number of piperidine rings is 1. The van der Waals surface area contributed by atoms with Gasteiger partial charge in [-0.05, 0) is 32.9 Å². The Kier molecular flexibility index (Phi) is 8.23. The minimum atomic E-state index is 0.572. The summed E-state index contributed by atoms with van der Waals surface area (Å²) in [7, 11) is 0. The molecule has 0 aromatic heterocycles. The predicted molar refractivity (Wildman–Crippen MR) is 82.4 cm³/mol. The van der Waals surface area contributed by atoms with Crippen molar-refractivity contribution in [3.63, 3.8) is 0 Å². The standard InChI is InChI=1S/C11H20N2S2.C2H6/c1-10-12-9-11(15-10)14-8-7-13-5-3-2-4-6-13;1-2/h9-10,12H,2-8H2,1H3;1-2H3. The Bertz CT molecular complexity index is 225. The van der Waals surface area contributed by atoms with E-state index in [9.17, 15) is 0 Å². The third-order valence-corrected chi connectivity index (χ3v) is 5.10. The van der Waals surface area contributed by atoms with Crippen LogP contribution in [0.15, 0.2) is 10.4 Å². The lowest BCUT2D eigenvalue weighted by Crippen LogP contribution is -2.31. The average molecular weight is 274 g/mol. The molecule has 2 nitrogen and oxygen atoms in total. The third-order valence-electron chi connectivity index (χ3n) is 2.83. The van der Waals surface area contributed by atoms with E-state index in [0.29, 0.717) is 5.37 Å². The van der Waals surface area contributed by atoms with Crippen molar-refractivity contribution in [2.45, 2.75) is 45.4 Å². The highest BCUT2D eigenvalue weighted by atomic mass is 32.2. The summed E-state index contributed by atoms with van der Waals surface area (Å²) >= 11 is 3.95. The van der Waals surface area contributed by atoms with Crippen LogP contribution in [0.2, 0.25) is 0 Å². The molecular weight excluding hydrogens is 248 g/mol. The van der Waals surface area contributed by atoms with E-state index in [2.05, 4.69) is 23.3 Å². The number of hydrogen-bond acceptors (Lipinski definition) is 4. The Labute approximate surface area is 115 Å². The minimum Gasteiger partial charge on any atom is -0.378 e. The average Bonchev–Trinajstić information content (AvgIpc) is 2.79. The van der Waals surface area contributed by atoms with E-state index in [1.165, 1.54) is 48.9 Å². The molecule has 17 heavy (non-hydrogen) atoms. The van der Waals surface area contributed by atoms with E-state index < -0.39 is 0 Å². The van der Waals surface area contributed by atoms with Gasteiger partial charge in [-0.25, -0.2) is 0 Å². The van der Waals surface area contributed by atoms with E-state index in [1.807, 2.05) is 37.4 Å². The highest BCUT2D eigenvalue weighted by Gasteiger charge is 2.14.